The van der Waals surface area contributed by atoms with E-state index in [0.29, 0.717) is 18.5 Å². The molecule has 1 atom stereocenters. The Morgan fingerprint density at radius 3 is 2.73 bits per heavy atom. The van der Waals surface area contributed by atoms with Crippen LogP contribution < -0.4 is 10.6 Å². The van der Waals surface area contributed by atoms with E-state index in [1.807, 2.05) is 6.92 Å². The Hall–Kier alpha value is -1.17. The van der Waals surface area contributed by atoms with E-state index in [1.54, 1.807) is 18.2 Å². The maximum Gasteiger partial charge on any atom is 0.223 e. The maximum atomic E-state index is 13.6. The number of hydrogen-bond donors (Lipinski definition) is 2. The van der Waals surface area contributed by atoms with E-state index in [4.69, 9.17) is 0 Å². The smallest absolute Gasteiger partial charge is 0.223 e. The van der Waals surface area contributed by atoms with Gasteiger partial charge in [-0.15, -0.1) is 12.4 Å². The highest BCUT2D eigenvalue weighted by Gasteiger charge is 2.16. The van der Waals surface area contributed by atoms with Gasteiger partial charge in [-0.3, -0.25) is 9.69 Å². The largest absolute Gasteiger partial charge is 0.355 e. The van der Waals surface area contributed by atoms with Gasteiger partial charge in [-0.05, 0) is 18.1 Å². The van der Waals surface area contributed by atoms with Gasteiger partial charge in [0, 0.05) is 45.2 Å². The Kier molecular flexibility index (Phi) is 8.38. The number of piperazine rings is 1. The number of benzene rings is 1. The van der Waals surface area contributed by atoms with E-state index >= 15 is 0 Å². The molecule has 1 amide bonds. The van der Waals surface area contributed by atoms with Gasteiger partial charge in [-0.1, -0.05) is 25.1 Å². The van der Waals surface area contributed by atoms with Gasteiger partial charge in [0.25, 0.3) is 0 Å². The van der Waals surface area contributed by atoms with Crippen LogP contribution >= 0.6 is 12.4 Å². The summed E-state index contributed by atoms with van der Waals surface area (Å²) in [5.74, 6) is -0.462. The zero-order valence-corrected chi connectivity index (χ0v) is 13.8. The molecular formula is C16H25ClFN3O. The van der Waals surface area contributed by atoms with Crippen molar-refractivity contribution in [2.45, 2.75) is 13.3 Å². The van der Waals surface area contributed by atoms with E-state index in [2.05, 4.69) is 15.5 Å². The average molecular weight is 330 g/mol. The standard InChI is InChI=1S/C16H24FN3O.ClH/c1-13(12-14-4-2-3-5-15(14)17)16(21)19-8-11-20-9-6-18-7-10-20;/h2-5,13,18H,6-12H2,1H3,(H,19,21);1H. The molecule has 124 valence electrons. The van der Waals surface area contributed by atoms with Crippen LogP contribution in [0.2, 0.25) is 0 Å². The number of halogens is 2. The number of nitrogens with one attached hydrogen (secondary N) is 2. The Balaban J connectivity index is 0.00000242. The number of amides is 1. The van der Waals surface area contributed by atoms with E-state index in [9.17, 15) is 9.18 Å². The first-order valence-corrected chi connectivity index (χ1v) is 7.61. The summed E-state index contributed by atoms with van der Waals surface area (Å²) in [7, 11) is 0. The van der Waals surface area contributed by atoms with Gasteiger partial charge >= 0.3 is 0 Å². The molecule has 0 radical (unpaired) electrons. The second-order valence-electron chi connectivity index (χ2n) is 5.58. The second kappa shape index (κ2) is 9.77. The van der Waals surface area contributed by atoms with Crippen LogP contribution in [0.15, 0.2) is 24.3 Å². The fourth-order valence-electron chi connectivity index (χ4n) is 2.53. The molecule has 6 heteroatoms. The minimum atomic E-state index is -0.238. The summed E-state index contributed by atoms with van der Waals surface area (Å²) in [6, 6.07) is 6.63. The van der Waals surface area contributed by atoms with Crippen molar-refractivity contribution in [2.75, 3.05) is 39.3 Å². The van der Waals surface area contributed by atoms with Crippen LogP contribution in [0.5, 0.6) is 0 Å². The minimum absolute atomic E-state index is 0. The first-order valence-electron chi connectivity index (χ1n) is 7.61. The third-order valence-electron chi connectivity index (χ3n) is 3.87. The minimum Gasteiger partial charge on any atom is -0.355 e. The van der Waals surface area contributed by atoms with Gasteiger partial charge in [0.2, 0.25) is 5.91 Å². The molecule has 1 aliphatic rings. The highest BCUT2D eigenvalue weighted by atomic mass is 35.5. The molecule has 2 rings (SSSR count). The fraction of sp³-hybridized carbons (Fsp3) is 0.562. The molecule has 1 heterocycles. The van der Waals surface area contributed by atoms with Crippen molar-refractivity contribution >= 4 is 18.3 Å². The van der Waals surface area contributed by atoms with Gasteiger partial charge in [0.15, 0.2) is 0 Å². The molecule has 1 aromatic rings. The molecular weight excluding hydrogens is 305 g/mol. The highest BCUT2D eigenvalue weighted by Crippen LogP contribution is 2.12. The second-order valence-corrected chi connectivity index (χ2v) is 5.58. The van der Waals surface area contributed by atoms with Crippen LogP contribution in [0.4, 0.5) is 4.39 Å². The zero-order chi connectivity index (χ0) is 15.1. The zero-order valence-electron chi connectivity index (χ0n) is 13.0. The fourth-order valence-corrected chi connectivity index (χ4v) is 2.53. The van der Waals surface area contributed by atoms with Crippen LogP contribution in [-0.2, 0) is 11.2 Å². The normalized spacial score (nSPS) is 16.6. The maximum absolute atomic E-state index is 13.6. The van der Waals surface area contributed by atoms with Crippen molar-refractivity contribution in [3.8, 4) is 0 Å². The quantitative estimate of drug-likeness (QED) is 0.830. The molecule has 1 aromatic carbocycles. The Bertz CT molecular complexity index is 466. The summed E-state index contributed by atoms with van der Waals surface area (Å²) in [6.45, 7) is 7.45. The number of carbonyl (C=O) groups is 1. The first kappa shape index (κ1) is 18.9. The summed E-state index contributed by atoms with van der Waals surface area (Å²) in [6.07, 6.45) is 0.437. The molecule has 1 fully saturated rings. The molecule has 1 saturated heterocycles. The van der Waals surface area contributed by atoms with Crippen LogP contribution in [0.1, 0.15) is 12.5 Å². The lowest BCUT2D eigenvalue weighted by atomic mass is 10.00. The molecule has 1 unspecified atom stereocenters. The lowest BCUT2D eigenvalue weighted by Crippen LogP contribution is -2.46. The predicted molar refractivity (Wildman–Crippen MR) is 88.8 cm³/mol. The van der Waals surface area contributed by atoms with Crippen LogP contribution in [0.3, 0.4) is 0 Å². The van der Waals surface area contributed by atoms with Crippen molar-refractivity contribution in [1.82, 2.24) is 15.5 Å². The monoisotopic (exact) mass is 329 g/mol. The number of rotatable bonds is 6. The lowest BCUT2D eigenvalue weighted by molar-refractivity contribution is -0.124. The Morgan fingerprint density at radius 1 is 1.36 bits per heavy atom. The third kappa shape index (κ3) is 5.91. The van der Waals surface area contributed by atoms with Crippen molar-refractivity contribution in [2.24, 2.45) is 5.92 Å². The number of hydrogen-bond acceptors (Lipinski definition) is 3. The van der Waals surface area contributed by atoms with E-state index in [-0.39, 0.29) is 30.0 Å². The number of carbonyl (C=O) groups excluding carboxylic acids is 1. The molecule has 1 aliphatic heterocycles. The summed E-state index contributed by atoms with van der Waals surface area (Å²) in [4.78, 5) is 14.4. The van der Waals surface area contributed by atoms with Gasteiger partial charge < -0.3 is 10.6 Å². The summed E-state index contributed by atoms with van der Waals surface area (Å²) < 4.78 is 13.6. The topological polar surface area (TPSA) is 44.4 Å². The third-order valence-corrected chi connectivity index (χ3v) is 3.87. The summed E-state index contributed by atoms with van der Waals surface area (Å²) in [5, 5.41) is 6.25. The van der Waals surface area contributed by atoms with Crippen LogP contribution in [0.25, 0.3) is 0 Å². The molecule has 2 N–H and O–H groups in total. The lowest BCUT2D eigenvalue weighted by Gasteiger charge is -2.27. The molecule has 0 spiro atoms. The Morgan fingerprint density at radius 2 is 2.05 bits per heavy atom. The molecule has 0 aromatic heterocycles. The van der Waals surface area contributed by atoms with E-state index < -0.39 is 0 Å². The summed E-state index contributed by atoms with van der Waals surface area (Å²) >= 11 is 0. The average Bonchev–Trinajstić information content (AvgIpc) is 2.50. The van der Waals surface area contributed by atoms with Crippen LogP contribution in [0, 0.1) is 11.7 Å². The van der Waals surface area contributed by atoms with Crippen molar-refractivity contribution in [1.29, 1.82) is 0 Å². The van der Waals surface area contributed by atoms with Crippen LogP contribution in [-0.4, -0.2) is 50.1 Å². The van der Waals surface area contributed by atoms with E-state index in [0.717, 1.165) is 32.7 Å². The summed E-state index contributed by atoms with van der Waals surface area (Å²) in [5.41, 5.74) is 0.599. The highest BCUT2D eigenvalue weighted by molar-refractivity contribution is 5.85. The van der Waals surface area contributed by atoms with Gasteiger partial charge in [-0.2, -0.15) is 0 Å². The van der Waals surface area contributed by atoms with Crippen molar-refractivity contribution in [3.63, 3.8) is 0 Å². The SMILES string of the molecule is CC(Cc1ccccc1F)C(=O)NCCN1CCNCC1.Cl. The van der Waals surface area contributed by atoms with Gasteiger partial charge in [0.05, 0.1) is 0 Å². The molecule has 0 bridgehead atoms. The van der Waals surface area contributed by atoms with Crippen molar-refractivity contribution in [3.05, 3.63) is 35.6 Å². The van der Waals surface area contributed by atoms with Gasteiger partial charge in [-0.25, -0.2) is 4.39 Å². The Labute approximate surface area is 137 Å². The molecule has 0 aliphatic carbocycles. The predicted octanol–water partition coefficient (Wildman–Crippen LogP) is 1.45. The first-order chi connectivity index (χ1) is 10.2. The van der Waals surface area contributed by atoms with Gasteiger partial charge in [0.1, 0.15) is 5.82 Å². The molecule has 0 saturated carbocycles. The van der Waals surface area contributed by atoms with E-state index in [1.165, 1.54) is 6.07 Å². The molecule has 4 nitrogen and oxygen atoms in total. The molecule has 22 heavy (non-hydrogen) atoms. The van der Waals surface area contributed by atoms with Crippen molar-refractivity contribution < 1.29 is 9.18 Å². The number of nitrogens with zero attached hydrogens (tertiary/aromatic N) is 1.